The predicted octanol–water partition coefficient (Wildman–Crippen LogP) is 15.4. The first kappa shape index (κ1) is 81.5. The SMILES string of the molecule is CCCCCCCCCCCCCCCCO.CCCCCCCCCCCCCCCC[N+](C)(C)C.CCCCCCCCCCCCOS(=O)(=O)[O-].CCCCCCCCCCCCOS(=O)(=O)[O-].[Na+]. The number of nitrogens with zero attached hydrogens (tertiary/aromatic N) is 1. The Bertz CT molecular complexity index is 1110. The van der Waals surface area contributed by atoms with E-state index < -0.39 is 20.8 Å². The second kappa shape index (κ2) is 67.8. The smallest absolute Gasteiger partial charge is 0.726 e. The fraction of sp³-hybridized carbons (Fsp3) is 1.00. The molecule has 0 radical (unpaired) electrons. The Morgan fingerprint density at radius 3 is 0.639 bits per heavy atom. The Balaban J connectivity index is -0.000000277. The normalized spacial score (nSPS) is 11.5. The number of hydrogen-bond donors (Lipinski definition) is 1. The molecule has 0 aromatic carbocycles. The molecule has 0 heterocycles. The molecule has 72 heavy (non-hydrogen) atoms. The van der Waals surface area contributed by atoms with Crippen molar-refractivity contribution >= 4 is 20.8 Å². The zero-order valence-corrected chi connectivity index (χ0v) is 53.4. The van der Waals surface area contributed by atoms with Gasteiger partial charge in [-0.3, -0.25) is 8.37 Å². The fourth-order valence-corrected chi connectivity index (χ4v) is 9.23. The summed E-state index contributed by atoms with van der Waals surface area (Å²) in [5.41, 5.74) is 0. The van der Waals surface area contributed by atoms with Crippen LogP contribution >= 0.6 is 0 Å². The van der Waals surface area contributed by atoms with E-state index in [1.54, 1.807) is 0 Å². The van der Waals surface area contributed by atoms with Crippen molar-refractivity contribution in [1.29, 1.82) is 0 Å². The van der Waals surface area contributed by atoms with Gasteiger partial charge in [-0.05, 0) is 32.1 Å². The van der Waals surface area contributed by atoms with Crippen LogP contribution in [0.5, 0.6) is 0 Å². The average molecular weight is 1080 g/mol. The molecule has 0 rings (SSSR count). The van der Waals surface area contributed by atoms with Crippen LogP contribution in [0.25, 0.3) is 0 Å². The van der Waals surface area contributed by atoms with E-state index in [-0.39, 0.29) is 42.8 Å². The first-order chi connectivity index (χ1) is 34.1. The minimum absolute atomic E-state index is 0. The van der Waals surface area contributed by atoms with Crippen molar-refractivity contribution in [3.05, 3.63) is 0 Å². The zero-order chi connectivity index (χ0) is 53.7. The topological polar surface area (TPSA) is 153 Å². The molecule has 0 aromatic heterocycles. The minimum atomic E-state index is -4.48. The molecule has 0 saturated heterocycles. The van der Waals surface area contributed by atoms with Gasteiger partial charge in [0, 0.05) is 6.61 Å². The van der Waals surface area contributed by atoms with Crippen LogP contribution in [0.3, 0.4) is 0 Å². The molecule has 0 atom stereocenters. The Kier molecular flexibility index (Phi) is 76.7. The largest absolute Gasteiger partial charge is 1.00 e. The third-order valence-electron chi connectivity index (χ3n) is 13.1. The molecule has 13 heteroatoms. The number of quaternary nitrogens is 1. The maximum atomic E-state index is 10.1. The van der Waals surface area contributed by atoms with Crippen LogP contribution in [0.15, 0.2) is 0 Å². The number of rotatable bonds is 53. The van der Waals surface area contributed by atoms with E-state index in [1.165, 1.54) is 270 Å². The molecule has 0 aliphatic carbocycles. The van der Waals surface area contributed by atoms with Crippen molar-refractivity contribution in [3.8, 4) is 0 Å². The molecular weight excluding hydrogens is 954 g/mol. The second-order valence-electron chi connectivity index (χ2n) is 21.8. The minimum Gasteiger partial charge on any atom is -0.726 e. The summed E-state index contributed by atoms with van der Waals surface area (Å²) >= 11 is 0. The number of aliphatic hydroxyl groups excluding tert-OH is 1. The summed E-state index contributed by atoms with van der Waals surface area (Å²) in [5, 5.41) is 8.64. The summed E-state index contributed by atoms with van der Waals surface area (Å²) in [6.07, 6.45) is 63.0. The van der Waals surface area contributed by atoms with E-state index in [9.17, 15) is 25.9 Å². The van der Waals surface area contributed by atoms with Crippen LogP contribution in [0.4, 0.5) is 0 Å². The Hall–Kier alpha value is 0.660. The second-order valence-corrected chi connectivity index (χ2v) is 23.9. The molecule has 0 unspecified atom stereocenters. The van der Waals surface area contributed by atoms with Crippen molar-refractivity contribution in [3.63, 3.8) is 0 Å². The van der Waals surface area contributed by atoms with Crippen molar-refractivity contribution < 1.29 is 73.5 Å². The van der Waals surface area contributed by atoms with Gasteiger partial charge in [-0.15, -0.1) is 0 Å². The molecule has 0 aromatic rings. The van der Waals surface area contributed by atoms with Crippen LogP contribution in [0, 0.1) is 0 Å². The van der Waals surface area contributed by atoms with E-state index >= 15 is 0 Å². The van der Waals surface area contributed by atoms with E-state index in [0.717, 1.165) is 36.6 Å². The van der Waals surface area contributed by atoms with E-state index in [1.807, 2.05) is 0 Å². The van der Waals surface area contributed by atoms with Gasteiger partial charge in [0.25, 0.3) is 0 Å². The van der Waals surface area contributed by atoms with Crippen LogP contribution in [0.1, 0.15) is 336 Å². The number of unbranched alkanes of at least 4 members (excludes halogenated alkanes) is 44. The molecule has 0 aliphatic rings. The fourth-order valence-electron chi connectivity index (χ4n) is 8.59. The standard InChI is InChI=1S/C19H42N.C16H34O.2C12H26O4S.Na/c1-5-6-7-8-9-10-11-12-13-14-15-16-17-18-19-20(2,3)4;1-2-3-4-5-6-7-8-9-10-11-12-13-14-15-16-17;2*1-2-3-4-5-6-7-8-9-10-11-12-16-17(13,14)15;/h5-19H2,1-4H3;17H,2-16H2,1H3;2*2-12H2,1H3,(H,13,14,15);/q+1;;;;+1/p-2. The molecule has 0 amide bonds. The van der Waals surface area contributed by atoms with Gasteiger partial charge in [-0.2, -0.15) is 0 Å². The molecule has 0 fully saturated rings. The van der Waals surface area contributed by atoms with Gasteiger partial charge in [0.2, 0.25) is 20.8 Å². The van der Waals surface area contributed by atoms with Gasteiger partial charge in [-0.25, -0.2) is 16.8 Å². The molecular formula is C59H126NNaO9S2. The molecule has 434 valence electrons. The van der Waals surface area contributed by atoms with Crippen LogP contribution < -0.4 is 29.6 Å². The molecule has 0 aliphatic heterocycles. The van der Waals surface area contributed by atoms with Crippen molar-refractivity contribution in [2.24, 2.45) is 0 Å². The van der Waals surface area contributed by atoms with Crippen LogP contribution in [-0.2, 0) is 29.2 Å². The quantitative estimate of drug-likeness (QED) is 0.0206. The first-order valence-corrected chi connectivity index (χ1v) is 33.4. The maximum absolute atomic E-state index is 10.1. The average Bonchev–Trinajstić information content (AvgIpc) is 3.31. The summed E-state index contributed by atoms with van der Waals surface area (Å²) < 4.78 is 70.0. The number of hydrogen-bond acceptors (Lipinski definition) is 9. The van der Waals surface area contributed by atoms with E-state index in [2.05, 4.69) is 57.2 Å². The van der Waals surface area contributed by atoms with Gasteiger partial charge < -0.3 is 18.7 Å². The third kappa shape index (κ3) is 96.3. The Morgan fingerprint density at radius 1 is 0.306 bits per heavy atom. The Labute approximate surface area is 474 Å². The monoisotopic (exact) mass is 1080 g/mol. The van der Waals surface area contributed by atoms with Crippen molar-refractivity contribution in [2.75, 3.05) is 47.5 Å². The van der Waals surface area contributed by atoms with Crippen LogP contribution in [-0.4, -0.2) is 83.0 Å². The van der Waals surface area contributed by atoms with Gasteiger partial charge in [0.1, 0.15) is 0 Å². The maximum Gasteiger partial charge on any atom is 1.00 e. The zero-order valence-electron chi connectivity index (χ0n) is 49.7. The van der Waals surface area contributed by atoms with Gasteiger partial charge in [0.15, 0.2) is 0 Å². The van der Waals surface area contributed by atoms with E-state index in [4.69, 9.17) is 5.11 Å². The van der Waals surface area contributed by atoms with Crippen molar-refractivity contribution in [2.45, 2.75) is 336 Å². The van der Waals surface area contributed by atoms with Gasteiger partial charge >= 0.3 is 29.6 Å². The molecule has 1 N–H and O–H groups in total. The predicted molar refractivity (Wildman–Crippen MR) is 306 cm³/mol. The summed E-state index contributed by atoms with van der Waals surface area (Å²) in [7, 11) is -2.09. The summed E-state index contributed by atoms with van der Waals surface area (Å²) in [4.78, 5) is 0. The third-order valence-corrected chi connectivity index (χ3v) is 14.1. The summed E-state index contributed by atoms with van der Waals surface area (Å²) in [6, 6.07) is 0. The summed E-state index contributed by atoms with van der Waals surface area (Å²) in [5.74, 6) is 0. The van der Waals surface area contributed by atoms with E-state index in [0.29, 0.717) is 19.4 Å². The van der Waals surface area contributed by atoms with Crippen molar-refractivity contribution in [1.82, 2.24) is 0 Å². The molecule has 0 spiro atoms. The number of aliphatic hydroxyl groups is 1. The molecule has 0 bridgehead atoms. The summed E-state index contributed by atoms with van der Waals surface area (Å²) in [6.45, 7) is 10.8. The van der Waals surface area contributed by atoms with Gasteiger partial charge in [-0.1, -0.05) is 304 Å². The molecule has 10 nitrogen and oxygen atoms in total. The van der Waals surface area contributed by atoms with Gasteiger partial charge in [0.05, 0.1) is 40.9 Å². The van der Waals surface area contributed by atoms with Crippen LogP contribution in [0.2, 0.25) is 0 Å². The molecule has 0 saturated carbocycles. The first-order valence-electron chi connectivity index (χ1n) is 30.7. The Morgan fingerprint density at radius 2 is 0.472 bits per heavy atom.